The summed E-state index contributed by atoms with van der Waals surface area (Å²) in [5, 5.41) is 0. The third-order valence-corrected chi connectivity index (χ3v) is 2.79. The minimum Gasteiger partial charge on any atom is -0.465 e. The number of esters is 1. The largest absolute Gasteiger partial charge is 0.465 e. The average molecular weight is 197 g/mol. The van der Waals surface area contributed by atoms with Crippen molar-refractivity contribution in [2.75, 3.05) is 6.61 Å². The summed E-state index contributed by atoms with van der Waals surface area (Å²) in [7, 11) is 0. The van der Waals surface area contributed by atoms with Crippen molar-refractivity contribution in [3.8, 4) is 0 Å². The molecule has 81 valence electrons. The molecule has 1 radical (unpaired) electrons. The fraction of sp³-hybridized carbons (Fsp3) is 0.833. The molecule has 1 aliphatic rings. The number of rotatable bonds is 5. The number of hydrogen-bond acceptors (Lipinski definition) is 2. The highest BCUT2D eigenvalue weighted by atomic mass is 16.5. The Morgan fingerprint density at radius 2 is 2.07 bits per heavy atom. The molecule has 0 aromatic heterocycles. The van der Waals surface area contributed by atoms with Crippen molar-refractivity contribution in [3.63, 3.8) is 0 Å². The summed E-state index contributed by atoms with van der Waals surface area (Å²) in [5.74, 6) is 0.500. The Kier molecular flexibility index (Phi) is 5.65. The lowest BCUT2D eigenvalue weighted by Crippen LogP contribution is -2.16. The van der Waals surface area contributed by atoms with Gasteiger partial charge in [0.1, 0.15) is 0 Å². The van der Waals surface area contributed by atoms with Crippen LogP contribution >= 0.6 is 0 Å². The van der Waals surface area contributed by atoms with Crippen molar-refractivity contribution in [2.24, 2.45) is 5.92 Å². The molecule has 2 nitrogen and oxygen atoms in total. The number of unbranched alkanes of at least 4 members (excludes halogenated alkanes) is 1. The van der Waals surface area contributed by atoms with Crippen LogP contribution in [0.5, 0.6) is 0 Å². The van der Waals surface area contributed by atoms with E-state index in [1.165, 1.54) is 32.1 Å². The molecule has 0 spiro atoms. The van der Waals surface area contributed by atoms with Gasteiger partial charge in [0.05, 0.1) is 13.0 Å². The summed E-state index contributed by atoms with van der Waals surface area (Å²) in [4.78, 5) is 11.2. The highest BCUT2D eigenvalue weighted by molar-refractivity contribution is 5.78. The van der Waals surface area contributed by atoms with E-state index in [0.717, 1.165) is 12.8 Å². The third-order valence-electron chi connectivity index (χ3n) is 2.79. The van der Waals surface area contributed by atoms with Gasteiger partial charge >= 0.3 is 5.97 Å². The second-order valence-electron chi connectivity index (χ2n) is 4.13. The van der Waals surface area contributed by atoms with Gasteiger partial charge < -0.3 is 4.74 Å². The number of hydrogen-bond donors (Lipinski definition) is 0. The van der Waals surface area contributed by atoms with Gasteiger partial charge in [-0.15, -0.1) is 0 Å². The van der Waals surface area contributed by atoms with Crippen molar-refractivity contribution < 1.29 is 9.53 Å². The molecule has 1 saturated carbocycles. The average Bonchev–Trinajstić information content (AvgIpc) is 2.25. The van der Waals surface area contributed by atoms with Crippen LogP contribution in [0.3, 0.4) is 0 Å². The first-order valence-corrected chi connectivity index (χ1v) is 5.83. The van der Waals surface area contributed by atoms with Crippen LogP contribution in [-0.2, 0) is 9.53 Å². The van der Waals surface area contributed by atoms with Crippen LogP contribution in [0.1, 0.15) is 51.9 Å². The lowest BCUT2D eigenvalue weighted by molar-refractivity contribution is -0.141. The Hall–Kier alpha value is -0.530. The zero-order valence-electron chi connectivity index (χ0n) is 9.13. The van der Waals surface area contributed by atoms with Crippen molar-refractivity contribution in [1.29, 1.82) is 0 Å². The first-order valence-electron chi connectivity index (χ1n) is 5.83. The number of carbonyl (C=O) groups excluding carboxylic acids is 1. The lowest BCUT2D eigenvalue weighted by atomic mass is 9.90. The monoisotopic (exact) mass is 197 g/mol. The van der Waals surface area contributed by atoms with Gasteiger partial charge in [-0.05, 0) is 25.2 Å². The summed E-state index contributed by atoms with van der Waals surface area (Å²) >= 11 is 0. The first-order chi connectivity index (χ1) is 6.83. The van der Waals surface area contributed by atoms with Crippen molar-refractivity contribution in [3.05, 3.63) is 6.42 Å². The maximum absolute atomic E-state index is 11.2. The molecular formula is C12H21O2. The molecule has 0 aliphatic heterocycles. The van der Waals surface area contributed by atoms with Gasteiger partial charge in [-0.3, -0.25) is 4.79 Å². The summed E-state index contributed by atoms with van der Waals surface area (Å²) in [6, 6.07) is 0. The molecule has 2 heteroatoms. The molecule has 0 amide bonds. The molecule has 0 bridgehead atoms. The standard InChI is InChI=1S/C12H21O2/c1-2-3-9-12(13)14-10-11-7-5-4-6-8-11/h9,11H,2-8,10H2,1H3. The van der Waals surface area contributed by atoms with E-state index in [2.05, 4.69) is 6.92 Å². The number of carbonyl (C=O) groups is 1. The molecule has 1 rings (SSSR count). The van der Waals surface area contributed by atoms with E-state index in [9.17, 15) is 4.79 Å². The Labute approximate surface area is 87.0 Å². The van der Waals surface area contributed by atoms with E-state index in [-0.39, 0.29) is 5.97 Å². The molecule has 0 saturated heterocycles. The molecule has 0 unspecified atom stereocenters. The van der Waals surface area contributed by atoms with Crippen LogP contribution in [0.15, 0.2) is 0 Å². The normalized spacial score (nSPS) is 18.1. The van der Waals surface area contributed by atoms with Crippen LogP contribution in [0.4, 0.5) is 0 Å². The summed E-state index contributed by atoms with van der Waals surface area (Å²) in [5.41, 5.74) is 0. The lowest BCUT2D eigenvalue weighted by Gasteiger charge is -2.20. The molecule has 1 aliphatic carbocycles. The Morgan fingerprint density at radius 1 is 1.36 bits per heavy atom. The van der Waals surface area contributed by atoms with E-state index in [0.29, 0.717) is 12.5 Å². The predicted molar refractivity (Wildman–Crippen MR) is 56.7 cm³/mol. The van der Waals surface area contributed by atoms with Gasteiger partial charge in [-0.25, -0.2) is 0 Å². The van der Waals surface area contributed by atoms with Gasteiger partial charge in [-0.2, -0.15) is 0 Å². The van der Waals surface area contributed by atoms with E-state index in [1.54, 1.807) is 6.42 Å². The maximum Gasteiger partial charge on any atom is 0.309 e. The van der Waals surface area contributed by atoms with Crippen molar-refractivity contribution >= 4 is 5.97 Å². The topological polar surface area (TPSA) is 26.3 Å². The second kappa shape index (κ2) is 6.86. The molecule has 14 heavy (non-hydrogen) atoms. The summed E-state index contributed by atoms with van der Waals surface area (Å²) < 4.78 is 5.19. The molecule has 0 aromatic rings. The smallest absolute Gasteiger partial charge is 0.309 e. The van der Waals surface area contributed by atoms with E-state index >= 15 is 0 Å². The zero-order chi connectivity index (χ0) is 10.2. The highest BCUT2D eigenvalue weighted by Gasteiger charge is 2.15. The molecule has 0 heterocycles. The van der Waals surface area contributed by atoms with Gasteiger partial charge in [0.2, 0.25) is 0 Å². The van der Waals surface area contributed by atoms with E-state index in [4.69, 9.17) is 4.74 Å². The van der Waals surface area contributed by atoms with Crippen LogP contribution in [0, 0.1) is 12.3 Å². The van der Waals surface area contributed by atoms with Gasteiger partial charge in [0.25, 0.3) is 0 Å². The Balaban J connectivity index is 2.03. The Morgan fingerprint density at radius 3 is 2.71 bits per heavy atom. The second-order valence-corrected chi connectivity index (χ2v) is 4.13. The molecular weight excluding hydrogens is 176 g/mol. The first kappa shape index (κ1) is 11.5. The molecule has 1 fully saturated rings. The van der Waals surface area contributed by atoms with Crippen LogP contribution < -0.4 is 0 Å². The molecule has 0 N–H and O–H groups in total. The maximum atomic E-state index is 11.2. The summed E-state index contributed by atoms with van der Waals surface area (Å²) in [6.07, 6.45) is 9.95. The molecule has 0 aromatic carbocycles. The van der Waals surface area contributed by atoms with Crippen LogP contribution in [0.25, 0.3) is 0 Å². The fourth-order valence-corrected chi connectivity index (χ4v) is 1.87. The zero-order valence-corrected chi connectivity index (χ0v) is 9.13. The van der Waals surface area contributed by atoms with Crippen LogP contribution in [0.2, 0.25) is 0 Å². The SMILES string of the molecule is CCC[CH]C(=O)OCC1CCCCC1. The summed E-state index contributed by atoms with van der Waals surface area (Å²) in [6.45, 7) is 2.70. The third kappa shape index (κ3) is 4.64. The highest BCUT2D eigenvalue weighted by Crippen LogP contribution is 2.23. The van der Waals surface area contributed by atoms with Crippen LogP contribution in [-0.4, -0.2) is 12.6 Å². The fourth-order valence-electron chi connectivity index (χ4n) is 1.87. The van der Waals surface area contributed by atoms with Gasteiger partial charge in [0.15, 0.2) is 0 Å². The van der Waals surface area contributed by atoms with E-state index < -0.39 is 0 Å². The molecule has 0 atom stereocenters. The van der Waals surface area contributed by atoms with Crippen molar-refractivity contribution in [1.82, 2.24) is 0 Å². The minimum atomic E-state index is -0.127. The minimum absolute atomic E-state index is 0.127. The van der Waals surface area contributed by atoms with Crippen molar-refractivity contribution in [2.45, 2.75) is 51.9 Å². The predicted octanol–water partition coefficient (Wildman–Crippen LogP) is 3.11. The Bertz CT molecular complexity index is 160. The van der Waals surface area contributed by atoms with Gasteiger partial charge in [0, 0.05) is 0 Å². The number of ether oxygens (including phenoxy) is 1. The van der Waals surface area contributed by atoms with E-state index in [1.807, 2.05) is 0 Å². The quantitative estimate of drug-likeness (QED) is 0.633. The van der Waals surface area contributed by atoms with Gasteiger partial charge in [-0.1, -0.05) is 32.6 Å².